The van der Waals surface area contributed by atoms with E-state index in [1.165, 1.54) is 6.07 Å². The van der Waals surface area contributed by atoms with E-state index in [4.69, 9.17) is 5.73 Å². The number of nitrogens with two attached hydrogens (primary N) is 1. The van der Waals surface area contributed by atoms with E-state index < -0.39 is 0 Å². The largest absolute Gasteiger partial charge is 0.397 e. The summed E-state index contributed by atoms with van der Waals surface area (Å²) in [5, 5.41) is 5.98. The Morgan fingerprint density at radius 2 is 2.10 bits per heavy atom. The van der Waals surface area contributed by atoms with Crippen molar-refractivity contribution in [2.24, 2.45) is 0 Å². The first kappa shape index (κ1) is 13.4. The van der Waals surface area contributed by atoms with E-state index in [0.717, 1.165) is 11.3 Å². The van der Waals surface area contributed by atoms with Gasteiger partial charge < -0.3 is 16.4 Å². The Kier molecular flexibility index (Phi) is 3.25. The molecule has 0 saturated carbocycles. The highest BCUT2D eigenvalue weighted by Crippen LogP contribution is 2.33. The number of anilines is 3. The molecule has 1 heterocycles. The van der Waals surface area contributed by atoms with Crippen LogP contribution in [-0.4, -0.2) is 5.91 Å². The number of halogens is 1. The number of rotatable bonds is 3. The molecule has 108 valence electrons. The molecule has 2 aromatic rings. The first-order valence-electron chi connectivity index (χ1n) is 6.78. The van der Waals surface area contributed by atoms with Gasteiger partial charge in [0.25, 0.3) is 0 Å². The summed E-state index contributed by atoms with van der Waals surface area (Å²) in [6.07, 6.45) is 0.350. The van der Waals surface area contributed by atoms with E-state index in [1.54, 1.807) is 30.3 Å². The van der Waals surface area contributed by atoms with Crippen LogP contribution in [0.1, 0.15) is 24.1 Å². The van der Waals surface area contributed by atoms with Gasteiger partial charge in [-0.25, -0.2) is 4.39 Å². The van der Waals surface area contributed by atoms with Crippen molar-refractivity contribution >= 4 is 23.0 Å². The highest BCUT2D eigenvalue weighted by molar-refractivity contribution is 6.00. The van der Waals surface area contributed by atoms with Crippen LogP contribution in [0.25, 0.3) is 0 Å². The lowest BCUT2D eigenvalue weighted by Crippen LogP contribution is -2.10. The molecule has 0 bridgehead atoms. The maximum atomic E-state index is 13.8. The molecule has 4 N–H and O–H groups in total. The molecule has 0 fully saturated rings. The second-order valence-corrected chi connectivity index (χ2v) is 5.21. The number of fused-ring (bicyclic) bond motifs is 1. The van der Waals surface area contributed by atoms with Crippen LogP contribution in [0.15, 0.2) is 36.4 Å². The number of benzene rings is 2. The fourth-order valence-electron chi connectivity index (χ4n) is 2.56. The molecular weight excluding hydrogens is 269 g/mol. The Hall–Kier alpha value is -2.56. The summed E-state index contributed by atoms with van der Waals surface area (Å²) in [6.45, 7) is 1.86. The fraction of sp³-hybridized carbons (Fsp3) is 0.188. The van der Waals surface area contributed by atoms with Gasteiger partial charge in [-0.05, 0) is 30.7 Å². The smallest absolute Gasteiger partial charge is 0.228 e. The number of amides is 1. The summed E-state index contributed by atoms with van der Waals surface area (Å²) in [5.74, 6) is -0.297. The number of hydrogen-bond acceptors (Lipinski definition) is 3. The Labute approximate surface area is 122 Å². The maximum absolute atomic E-state index is 13.8. The minimum absolute atomic E-state index is 0.0382. The highest BCUT2D eigenvalue weighted by Gasteiger charge is 2.20. The topological polar surface area (TPSA) is 67.1 Å². The van der Waals surface area contributed by atoms with Gasteiger partial charge in [0.2, 0.25) is 5.91 Å². The molecule has 1 unspecified atom stereocenters. The second kappa shape index (κ2) is 5.09. The quantitative estimate of drug-likeness (QED) is 0.759. The predicted molar refractivity (Wildman–Crippen MR) is 81.6 cm³/mol. The third-order valence-corrected chi connectivity index (χ3v) is 3.64. The number of hydrogen-bond donors (Lipinski definition) is 3. The van der Waals surface area contributed by atoms with E-state index in [9.17, 15) is 9.18 Å². The summed E-state index contributed by atoms with van der Waals surface area (Å²) >= 11 is 0. The molecule has 0 saturated heterocycles. The van der Waals surface area contributed by atoms with Crippen molar-refractivity contribution in [2.45, 2.75) is 19.4 Å². The second-order valence-electron chi connectivity index (χ2n) is 5.21. The van der Waals surface area contributed by atoms with Gasteiger partial charge in [0, 0.05) is 11.3 Å². The number of carbonyl (C=O) groups excluding carboxylic acids is 1. The van der Waals surface area contributed by atoms with Crippen molar-refractivity contribution in [2.75, 3.05) is 16.4 Å². The molecule has 21 heavy (non-hydrogen) atoms. The van der Waals surface area contributed by atoms with Gasteiger partial charge in [0.1, 0.15) is 5.82 Å². The van der Waals surface area contributed by atoms with Crippen LogP contribution in [0, 0.1) is 5.82 Å². The van der Waals surface area contributed by atoms with Crippen LogP contribution >= 0.6 is 0 Å². The van der Waals surface area contributed by atoms with Crippen molar-refractivity contribution < 1.29 is 9.18 Å². The SMILES string of the molecule is CC(Nc1cc2c(cc1N)CC(=O)N2)c1ccccc1F. The normalized spacial score (nSPS) is 14.5. The lowest BCUT2D eigenvalue weighted by atomic mass is 10.1. The zero-order valence-electron chi connectivity index (χ0n) is 11.6. The third kappa shape index (κ3) is 2.54. The van der Waals surface area contributed by atoms with Gasteiger partial charge in [-0.3, -0.25) is 4.79 Å². The summed E-state index contributed by atoms with van der Waals surface area (Å²) in [7, 11) is 0. The fourth-order valence-corrected chi connectivity index (χ4v) is 2.56. The van der Waals surface area contributed by atoms with E-state index in [-0.39, 0.29) is 17.8 Å². The van der Waals surface area contributed by atoms with Gasteiger partial charge in [-0.2, -0.15) is 0 Å². The predicted octanol–water partition coefficient (Wildman–Crippen LogP) is 3.08. The van der Waals surface area contributed by atoms with E-state index in [2.05, 4.69) is 10.6 Å². The molecule has 1 aliphatic heterocycles. The average Bonchev–Trinajstić information content (AvgIpc) is 2.78. The van der Waals surface area contributed by atoms with Crippen molar-refractivity contribution in [1.29, 1.82) is 0 Å². The number of nitrogen functional groups attached to an aromatic ring is 1. The first-order valence-corrected chi connectivity index (χ1v) is 6.78. The standard InChI is InChI=1S/C16H16FN3O/c1-9(11-4-2-3-5-12(11)17)19-15-8-14-10(6-13(15)18)7-16(21)20-14/h2-6,8-9,19H,7,18H2,1H3,(H,20,21). The zero-order chi connectivity index (χ0) is 15.0. The molecule has 3 rings (SSSR count). The molecule has 5 heteroatoms. The molecule has 1 amide bonds. The molecule has 4 nitrogen and oxygen atoms in total. The van der Waals surface area contributed by atoms with Crippen molar-refractivity contribution in [3.8, 4) is 0 Å². The molecule has 1 atom stereocenters. The van der Waals surface area contributed by atoms with Crippen LogP contribution in [0.2, 0.25) is 0 Å². The van der Waals surface area contributed by atoms with Gasteiger partial charge in [-0.1, -0.05) is 18.2 Å². The minimum Gasteiger partial charge on any atom is -0.397 e. The van der Waals surface area contributed by atoms with Crippen molar-refractivity contribution in [1.82, 2.24) is 0 Å². The van der Waals surface area contributed by atoms with Crippen LogP contribution in [-0.2, 0) is 11.2 Å². The molecule has 2 aromatic carbocycles. The lowest BCUT2D eigenvalue weighted by Gasteiger charge is -2.18. The van der Waals surface area contributed by atoms with E-state index >= 15 is 0 Å². The Morgan fingerprint density at radius 3 is 2.86 bits per heavy atom. The van der Waals surface area contributed by atoms with Gasteiger partial charge >= 0.3 is 0 Å². The Bertz CT molecular complexity index is 715. The monoisotopic (exact) mass is 285 g/mol. The van der Waals surface area contributed by atoms with E-state index in [1.807, 2.05) is 6.92 Å². The average molecular weight is 285 g/mol. The minimum atomic E-state index is -0.259. The van der Waals surface area contributed by atoms with Crippen LogP contribution in [0.5, 0.6) is 0 Å². The Balaban J connectivity index is 1.87. The summed E-state index contributed by atoms with van der Waals surface area (Å²) in [6, 6.07) is 9.96. The molecule has 1 aliphatic rings. The summed E-state index contributed by atoms with van der Waals surface area (Å²) in [5.41, 5.74) is 9.47. The summed E-state index contributed by atoms with van der Waals surface area (Å²) < 4.78 is 13.8. The first-order chi connectivity index (χ1) is 10.0. The number of carbonyl (C=O) groups is 1. The Morgan fingerprint density at radius 1 is 1.33 bits per heavy atom. The molecule has 0 aromatic heterocycles. The maximum Gasteiger partial charge on any atom is 0.228 e. The molecule has 0 radical (unpaired) electrons. The molecule has 0 spiro atoms. The van der Waals surface area contributed by atoms with Crippen molar-refractivity contribution in [3.05, 3.63) is 53.3 Å². The van der Waals surface area contributed by atoms with Crippen LogP contribution in [0.4, 0.5) is 21.5 Å². The van der Waals surface area contributed by atoms with E-state index in [0.29, 0.717) is 23.4 Å². The van der Waals surface area contributed by atoms with Crippen molar-refractivity contribution in [3.63, 3.8) is 0 Å². The number of nitrogens with one attached hydrogen (secondary N) is 2. The van der Waals surface area contributed by atoms with Crippen LogP contribution < -0.4 is 16.4 Å². The molecular formula is C16H16FN3O. The summed E-state index contributed by atoms with van der Waals surface area (Å²) in [4.78, 5) is 11.4. The van der Waals surface area contributed by atoms with Gasteiger partial charge in [-0.15, -0.1) is 0 Å². The lowest BCUT2D eigenvalue weighted by molar-refractivity contribution is -0.115. The molecule has 0 aliphatic carbocycles. The highest BCUT2D eigenvalue weighted by atomic mass is 19.1. The van der Waals surface area contributed by atoms with Gasteiger partial charge in [0.05, 0.1) is 23.8 Å². The van der Waals surface area contributed by atoms with Crippen LogP contribution in [0.3, 0.4) is 0 Å². The third-order valence-electron chi connectivity index (χ3n) is 3.64. The van der Waals surface area contributed by atoms with Gasteiger partial charge in [0.15, 0.2) is 0 Å². The zero-order valence-corrected chi connectivity index (χ0v) is 11.6.